The van der Waals surface area contributed by atoms with Crippen LogP contribution in [0.2, 0.25) is 0 Å². The van der Waals surface area contributed by atoms with Crippen LogP contribution in [-0.2, 0) is 15.8 Å². The minimum absolute atomic E-state index is 0.573. The highest BCUT2D eigenvalue weighted by Gasteiger charge is 1.99. The molecule has 1 aromatic rings. The van der Waals surface area contributed by atoms with Crippen molar-refractivity contribution in [1.82, 2.24) is 0 Å². The van der Waals surface area contributed by atoms with Gasteiger partial charge in [-0.3, -0.25) is 0 Å². The molecular weight excluding hydrogens is 192 g/mol. The van der Waals surface area contributed by atoms with Crippen LogP contribution in [0.1, 0.15) is 19.4 Å². The maximum atomic E-state index is 5.53. The fourth-order valence-corrected chi connectivity index (χ4v) is 1.66. The van der Waals surface area contributed by atoms with Gasteiger partial charge in [0.05, 0.1) is 0 Å². The summed E-state index contributed by atoms with van der Waals surface area (Å²) >= 11 is 0. The second-order valence-electron chi connectivity index (χ2n) is 3.27. The molecule has 0 fully saturated rings. The Morgan fingerprint density at radius 2 is 1.86 bits per heavy atom. The standard InChI is InChI=1S/C11H16O2Si/c1-9(2)11(13-14)12-8-10-6-4-3-5-7-10/h3-7H,8H2,1-2,14H3. The van der Waals surface area contributed by atoms with Crippen molar-refractivity contribution in [3.8, 4) is 0 Å². The molecule has 0 aliphatic rings. The lowest BCUT2D eigenvalue weighted by atomic mass is 10.2. The average Bonchev–Trinajstić information content (AvgIpc) is 2.20. The van der Waals surface area contributed by atoms with E-state index < -0.39 is 0 Å². The molecule has 0 aliphatic carbocycles. The predicted molar refractivity (Wildman–Crippen MR) is 60.6 cm³/mol. The summed E-state index contributed by atoms with van der Waals surface area (Å²) in [7, 11) is 0.664. The summed E-state index contributed by atoms with van der Waals surface area (Å²) in [6.07, 6.45) is 0. The molecule has 76 valence electrons. The number of rotatable bonds is 4. The van der Waals surface area contributed by atoms with Crippen LogP contribution >= 0.6 is 0 Å². The van der Waals surface area contributed by atoms with E-state index in [1.807, 2.05) is 44.2 Å². The molecule has 0 spiro atoms. The number of hydrogen-bond acceptors (Lipinski definition) is 2. The van der Waals surface area contributed by atoms with E-state index in [0.29, 0.717) is 23.0 Å². The van der Waals surface area contributed by atoms with Crippen molar-refractivity contribution in [3.63, 3.8) is 0 Å². The third-order valence-electron chi connectivity index (χ3n) is 1.81. The van der Waals surface area contributed by atoms with Crippen molar-refractivity contribution in [2.75, 3.05) is 0 Å². The number of allylic oxidation sites excluding steroid dienone is 1. The Morgan fingerprint density at radius 3 is 2.36 bits per heavy atom. The maximum absolute atomic E-state index is 5.53. The monoisotopic (exact) mass is 208 g/mol. The number of hydrogen-bond donors (Lipinski definition) is 0. The molecule has 1 rings (SSSR count). The summed E-state index contributed by atoms with van der Waals surface area (Å²) in [5.41, 5.74) is 2.24. The summed E-state index contributed by atoms with van der Waals surface area (Å²) < 4.78 is 10.8. The maximum Gasteiger partial charge on any atom is 0.263 e. The largest absolute Gasteiger partial charge is 0.529 e. The third kappa shape index (κ3) is 3.26. The number of benzene rings is 1. The second kappa shape index (κ2) is 5.50. The lowest BCUT2D eigenvalue weighted by molar-refractivity contribution is 0.0971. The molecule has 0 radical (unpaired) electrons. The summed E-state index contributed by atoms with van der Waals surface area (Å²) in [6, 6.07) is 10.1. The molecule has 1 aromatic carbocycles. The van der Waals surface area contributed by atoms with Gasteiger partial charge in [-0.2, -0.15) is 0 Å². The quantitative estimate of drug-likeness (QED) is 0.554. The molecule has 2 nitrogen and oxygen atoms in total. The Kier molecular flexibility index (Phi) is 4.26. The fraction of sp³-hybridized carbons (Fsp3) is 0.273. The second-order valence-corrected chi connectivity index (χ2v) is 3.67. The number of ether oxygens (including phenoxy) is 1. The Labute approximate surface area is 88.1 Å². The molecule has 0 saturated heterocycles. The minimum Gasteiger partial charge on any atom is -0.529 e. The first kappa shape index (κ1) is 10.9. The summed E-state index contributed by atoms with van der Waals surface area (Å²) in [4.78, 5) is 0. The molecule has 3 heteroatoms. The van der Waals surface area contributed by atoms with Gasteiger partial charge in [-0.15, -0.1) is 0 Å². The van der Waals surface area contributed by atoms with Crippen LogP contribution in [0, 0.1) is 0 Å². The first-order valence-electron chi connectivity index (χ1n) is 4.62. The zero-order chi connectivity index (χ0) is 10.4. The molecule has 0 heterocycles. The van der Waals surface area contributed by atoms with Gasteiger partial charge in [0.25, 0.3) is 5.95 Å². The topological polar surface area (TPSA) is 18.5 Å². The van der Waals surface area contributed by atoms with Crippen LogP contribution in [0.15, 0.2) is 41.9 Å². The Balaban J connectivity index is 2.53. The molecule has 0 atom stereocenters. The van der Waals surface area contributed by atoms with Crippen molar-refractivity contribution in [3.05, 3.63) is 47.4 Å². The van der Waals surface area contributed by atoms with Crippen LogP contribution in [-0.4, -0.2) is 10.5 Å². The summed E-state index contributed by atoms with van der Waals surface area (Å²) in [5, 5.41) is 0. The van der Waals surface area contributed by atoms with Crippen LogP contribution in [0.4, 0.5) is 0 Å². The Bertz CT molecular complexity index is 302. The fourth-order valence-electron chi connectivity index (χ4n) is 1.13. The first-order valence-corrected chi connectivity index (χ1v) is 5.44. The van der Waals surface area contributed by atoms with Gasteiger partial charge < -0.3 is 9.16 Å². The molecule has 14 heavy (non-hydrogen) atoms. The van der Waals surface area contributed by atoms with Crippen LogP contribution in [0.25, 0.3) is 0 Å². The van der Waals surface area contributed by atoms with E-state index in [-0.39, 0.29) is 0 Å². The molecule has 0 saturated carbocycles. The highest BCUT2D eigenvalue weighted by atomic mass is 28.2. The lowest BCUT2D eigenvalue weighted by Crippen LogP contribution is -1.98. The highest BCUT2D eigenvalue weighted by Crippen LogP contribution is 2.09. The van der Waals surface area contributed by atoms with Gasteiger partial charge in [0, 0.05) is 5.57 Å². The van der Waals surface area contributed by atoms with E-state index in [9.17, 15) is 0 Å². The van der Waals surface area contributed by atoms with Gasteiger partial charge in [-0.05, 0) is 19.4 Å². The van der Waals surface area contributed by atoms with Crippen molar-refractivity contribution in [2.24, 2.45) is 0 Å². The predicted octanol–water partition coefficient (Wildman–Crippen LogP) is 1.75. The van der Waals surface area contributed by atoms with E-state index in [0.717, 1.165) is 11.1 Å². The minimum atomic E-state index is 0.573. The van der Waals surface area contributed by atoms with Gasteiger partial charge in [0.2, 0.25) is 10.5 Å². The molecule has 0 N–H and O–H groups in total. The van der Waals surface area contributed by atoms with Gasteiger partial charge in [-0.1, -0.05) is 30.3 Å². The van der Waals surface area contributed by atoms with Crippen molar-refractivity contribution >= 4 is 10.5 Å². The van der Waals surface area contributed by atoms with Gasteiger partial charge in [0.15, 0.2) is 0 Å². The molecule has 0 aromatic heterocycles. The molecule has 0 aliphatic heterocycles. The van der Waals surface area contributed by atoms with Crippen LogP contribution in [0.5, 0.6) is 0 Å². The van der Waals surface area contributed by atoms with E-state index >= 15 is 0 Å². The van der Waals surface area contributed by atoms with Gasteiger partial charge in [0.1, 0.15) is 6.61 Å². The SMILES string of the molecule is CC(C)=C(O[SiH3])OCc1ccccc1. The third-order valence-corrected chi connectivity index (χ3v) is 2.18. The lowest BCUT2D eigenvalue weighted by Gasteiger charge is -2.11. The van der Waals surface area contributed by atoms with Crippen molar-refractivity contribution in [1.29, 1.82) is 0 Å². The Hall–Kier alpha value is -1.22. The molecule has 0 unspecified atom stereocenters. The van der Waals surface area contributed by atoms with Crippen LogP contribution < -0.4 is 0 Å². The van der Waals surface area contributed by atoms with Crippen LogP contribution in [0.3, 0.4) is 0 Å². The molecule has 0 amide bonds. The zero-order valence-corrected chi connectivity index (χ0v) is 10.9. The zero-order valence-electron chi connectivity index (χ0n) is 8.91. The Morgan fingerprint density at radius 1 is 1.21 bits per heavy atom. The van der Waals surface area contributed by atoms with Crippen molar-refractivity contribution in [2.45, 2.75) is 20.5 Å². The highest BCUT2D eigenvalue weighted by molar-refractivity contribution is 5.98. The normalized spacial score (nSPS) is 9.57. The van der Waals surface area contributed by atoms with Gasteiger partial charge in [-0.25, -0.2) is 0 Å². The first-order chi connectivity index (χ1) is 6.74. The average molecular weight is 208 g/mol. The smallest absolute Gasteiger partial charge is 0.263 e. The van der Waals surface area contributed by atoms with E-state index in [2.05, 4.69) is 0 Å². The van der Waals surface area contributed by atoms with E-state index in [1.165, 1.54) is 0 Å². The summed E-state index contributed by atoms with van der Waals surface area (Å²) in [5.74, 6) is 0.667. The summed E-state index contributed by atoms with van der Waals surface area (Å²) in [6.45, 7) is 4.54. The van der Waals surface area contributed by atoms with Gasteiger partial charge >= 0.3 is 0 Å². The molecule has 0 bridgehead atoms. The van der Waals surface area contributed by atoms with E-state index in [4.69, 9.17) is 9.16 Å². The van der Waals surface area contributed by atoms with E-state index in [1.54, 1.807) is 0 Å². The van der Waals surface area contributed by atoms with Crippen molar-refractivity contribution < 1.29 is 9.16 Å². The molecular formula is C11H16O2Si.